The second kappa shape index (κ2) is 9.55. The molecule has 2 atom stereocenters. The van der Waals surface area contributed by atoms with Crippen LogP contribution in [0, 0.1) is 5.92 Å². The molecule has 1 saturated heterocycles. The number of amides is 1. The van der Waals surface area contributed by atoms with E-state index in [0.29, 0.717) is 18.4 Å². The van der Waals surface area contributed by atoms with Crippen molar-refractivity contribution >= 4 is 23.2 Å². The molecule has 1 amide bonds. The van der Waals surface area contributed by atoms with E-state index in [4.69, 9.17) is 10.7 Å². The Bertz CT molecular complexity index is 659. The SMILES string of the molecule is CCNC(=NCC(C)N1CCc2sccc2C1)N1CCCC(CC(N)=O)C1. The average molecular weight is 392 g/mol. The number of rotatable bonds is 6. The molecule has 1 fully saturated rings. The van der Waals surface area contributed by atoms with Crippen molar-refractivity contribution in [3.05, 3.63) is 21.9 Å². The third-order valence-electron chi connectivity index (χ3n) is 5.61. The molecule has 0 radical (unpaired) electrons. The van der Waals surface area contributed by atoms with Crippen LogP contribution in [0.5, 0.6) is 0 Å². The Morgan fingerprint density at radius 1 is 1.48 bits per heavy atom. The van der Waals surface area contributed by atoms with Crippen LogP contribution in [0.3, 0.4) is 0 Å². The van der Waals surface area contributed by atoms with E-state index >= 15 is 0 Å². The Hall–Kier alpha value is -1.60. The van der Waals surface area contributed by atoms with Gasteiger partial charge in [-0.1, -0.05) is 0 Å². The lowest BCUT2D eigenvalue weighted by atomic mass is 9.95. The molecule has 0 aromatic carbocycles. The minimum absolute atomic E-state index is 0.199. The van der Waals surface area contributed by atoms with Crippen LogP contribution in [-0.2, 0) is 17.8 Å². The van der Waals surface area contributed by atoms with Crippen LogP contribution < -0.4 is 11.1 Å². The Morgan fingerprint density at radius 3 is 3.11 bits per heavy atom. The number of fused-ring (bicyclic) bond motifs is 1. The van der Waals surface area contributed by atoms with E-state index in [-0.39, 0.29) is 5.91 Å². The summed E-state index contributed by atoms with van der Waals surface area (Å²) in [5.74, 6) is 1.12. The van der Waals surface area contributed by atoms with Crippen LogP contribution in [0.4, 0.5) is 0 Å². The Labute approximate surface area is 166 Å². The van der Waals surface area contributed by atoms with Crippen molar-refractivity contribution in [3.63, 3.8) is 0 Å². The quantitative estimate of drug-likeness (QED) is 0.575. The van der Waals surface area contributed by atoms with Gasteiger partial charge in [-0.05, 0) is 56.0 Å². The lowest BCUT2D eigenvalue weighted by Crippen LogP contribution is -2.48. The zero-order valence-corrected chi connectivity index (χ0v) is 17.4. The monoisotopic (exact) mass is 391 g/mol. The minimum Gasteiger partial charge on any atom is -0.370 e. The number of guanidine groups is 1. The number of carbonyl (C=O) groups excluding carboxylic acids is 1. The van der Waals surface area contributed by atoms with Gasteiger partial charge < -0.3 is 16.0 Å². The van der Waals surface area contributed by atoms with E-state index < -0.39 is 0 Å². The Balaban J connectivity index is 1.59. The molecule has 3 rings (SSSR count). The van der Waals surface area contributed by atoms with E-state index in [9.17, 15) is 4.79 Å². The van der Waals surface area contributed by atoms with Crippen LogP contribution in [0.15, 0.2) is 16.4 Å². The van der Waals surface area contributed by atoms with E-state index in [1.807, 2.05) is 11.3 Å². The summed E-state index contributed by atoms with van der Waals surface area (Å²) >= 11 is 1.88. The number of hydrogen-bond donors (Lipinski definition) is 2. The summed E-state index contributed by atoms with van der Waals surface area (Å²) in [7, 11) is 0. The van der Waals surface area contributed by atoms with Gasteiger partial charge in [0.2, 0.25) is 5.91 Å². The highest BCUT2D eigenvalue weighted by atomic mass is 32.1. The van der Waals surface area contributed by atoms with Gasteiger partial charge >= 0.3 is 0 Å². The first-order valence-corrected chi connectivity index (χ1v) is 11.1. The third kappa shape index (κ3) is 5.45. The molecule has 0 bridgehead atoms. The number of likely N-dealkylation sites (tertiary alicyclic amines) is 1. The van der Waals surface area contributed by atoms with Crippen molar-refractivity contribution in [2.45, 2.75) is 52.1 Å². The van der Waals surface area contributed by atoms with Gasteiger partial charge in [-0.2, -0.15) is 0 Å². The molecule has 0 spiro atoms. The van der Waals surface area contributed by atoms with E-state index in [2.05, 4.69) is 40.4 Å². The standard InChI is InChI=1S/C20H33N5OS/c1-3-22-20(25-8-4-5-16(13-25)11-19(21)26)23-12-15(2)24-9-6-18-17(14-24)7-10-27-18/h7,10,15-16H,3-6,8-9,11-14H2,1-2H3,(H2,21,26)(H,22,23). The van der Waals surface area contributed by atoms with E-state index in [1.165, 1.54) is 5.56 Å². The molecule has 150 valence electrons. The predicted octanol–water partition coefficient (Wildman–Crippen LogP) is 2.05. The maximum Gasteiger partial charge on any atom is 0.217 e. The topological polar surface area (TPSA) is 74.0 Å². The highest BCUT2D eigenvalue weighted by molar-refractivity contribution is 7.10. The van der Waals surface area contributed by atoms with Crippen LogP contribution in [0.2, 0.25) is 0 Å². The third-order valence-corrected chi connectivity index (χ3v) is 6.63. The first-order chi connectivity index (χ1) is 13.1. The summed E-state index contributed by atoms with van der Waals surface area (Å²) < 4.78 is 0. The summed E-state index contributed by atoms with van der Waals surface area (Å²) in [6, 6.07) is 2.68. The highest BCUT2D eigenvalue weighted by Gasteiger charge is 2.25. The molecular weight excluding hydrogens is 358 g/mol. The van der Waals surface area contributed by atoms with Crippen LogP contribution in [-0.4, -0.2) is 60.4 Å². The van der Waals surface area contributed by atoms with Gasteiger partial charge in [0.25, 0.3) is 0 Å². The molecule has 27 heavy (non-hydrogen) atoms. The summed E-state index contributed by atoms with van der Waals surface area (Å²) in [4.78, 5) is 22.6. The lowest BCUT2D eigenvalue weighted by Gasteiger charge is -2.35. The number of nitrogens with one attached hydrogen (secondary N) is 1. The van der Waals surface area contributed by atoms with Gasteiger partial charge in [0.15, 0.2) is 5.96 Å². The number of thiophene rings is 1. The zero-order chi connectivity index (χ0) is 19.2. The van der Waals surface area contributed by atoms with Gasteiger partial charge in [-0.3, -0.25) is 14.7 Å². The zero-order valence-electron chi connectivity index (χ0n) is 16.6. The second-order valence-corrected chi connectivity index (χ2v) is 8.76. The fourth-order valence-electron chi connectivity index (χ4n) is 4.11. The summed E-state index contributed by atoms with van der Waals surface area (Å²) in [6.45, 7) is 10.0. The number of nitrogens with zero attached hydrogens (tertiary/aromatic N) is 3. The van der Waals surface area contributed by atoms with Crippen molar-refractivity contribution in [1.29, 1.82) is 0 Å². The fourth-order valence-corrected chi connectivity index (χ4v) is 5.00. The molecule has 3 heterocycles. The van der Waals surface area contributed by atoms with Gasteiger partial charge in [0.1, 0.15) is 0 Å². The molecule has 1 aromatic heterocycles. The lowest BCUT2D eigenvalue weighted by molar-refractivity contribution is -0.119. The maximum absolute atomic E-state index is 11.3. The van der Waals surface area contributed by atoms with Crippen molar-refractivity contribution < 1.29 is 4.79 Å². The van der Waals surface area contributed by atoms with Crippen LogP contribution in [0.1, 0.15) is 43.6 Å². The number of piperidine rings is 1. The van der Waals surface area contributed by atoms with Crippen molar-refractivity contribution in [2.24, 2.45) is 16.6 Å². The van der Waals surface area contributed by atoms with E-state index in [0.717, 1.165) is 64.5 Å². The molecule has 7 heteroatoms. The van der Waals surface area contributed by atoms with Crippen LogP contribution in [0.25, 0.3) is 0 Å². The molecular formula is C20H33N5OS. The highest BCUT2D eigenvalue weighted by Crippen LogP contribution is 2.25. The first-order valence-electron chi connectivity index (χ1n) is 10.2. The minimum atomic E-state index is -0.199. The molecule has 2 aliphatic rings. The molecule has 1 aromatic rings. The maximum atomic E-state index is 11.3. The number of nitrogens with two attached hydrogens (primary N) is 1. The summed E-state index contributed by atoms with van der Waals surface area (Å²) in [6.07, 6.45) is 3.79. The van der Waals surface area contributed by atoms with E-state index in [1.54, 1.807) is 4.88 Å². The molecule has 2 aliphatic heterocycles. The van der Waals surface area contributed by atoms with Crippen molar-refractivity contribution in [3.8, 4) is 0 Å². The first kappa shape index (κ1) is 20.1. The second-order valence-electron chi connectivity index (χ2n) is 7.76. The number of aliphatic imine (C=N–C) groups is 1. The number of carbonyl (C=O) groups is 1. The smallest absolute Gasteiger partial charge is 0.217 e. The van der Waals surface area contributed by atoms with Crippen LogP contribution >= 0.6 is 11.3 Å². The largest absolute Gasteiger partial charge is 0.370 e. The molecule has 0 saturated carbocycles. The predicted molar refractivity (Wildman–Crippen MR) is 112 cm³/mol. The van der Waals surface area contributed by atoms with Crippen molar-refractivity contribution in [1.82, 2.24) is 15.1 Å². The fraction of sp³-hybridized carbons (Fsp3) is 0.700. The average Bonchev–Trinajstić information content (AvgIpc) is 3.12. The molecule has 0 aliphatic carbocycles. The van der Waals surface area contributed by atoms with Gasteiger partial charge in [0.05, 0.1) is 6.54 Å². The normalized spacial score (nSPS) is 22.4. The van der Waals surface area contributed by atoms with Crippen molar-refractivity contribution in [2.75, 3.05) is 32.7 Å². The number of primary amides is 1. The summed E-state index contributed by atoms with van der Waals surface area (Å²) in [5.41, 5.74) is 6.89. The van der Waals surface area contributed by atoms with Gasteiger partial charge in [-0.25, -0.2) is 0 Å². The molecule has 6 nitrogen and oxygen atoms in total. The Kier molecular flexibility index (Phi) is 7.13. The molecule has 2 unspecified atom stereocenters. The Morgan fingerprint density at radius 2 is 2.33 bits per heavy atom. The number of hydrogen-bond acceptors (Lipinski definition) is 4. The van der Waals surface area contributed by atoms with Gasteiger partial charge in [-0.15, -0.1) is 11.3 Å². The van der Waals surface area contributed by atoms with Gasteiger partial charge in [0, 0.05) is 50.1 Å². The summed E-state index contributed by atoms with van der Waals surface area (Å²) in [5, 5.41) is 5.65. The molecule has 3 N–H and O–H groups in total.